The Balaban J connectivity index is 2.07. The Morgan fingerprint density at radius 3 is 2.85 bits per heavy atom. The van der Waals surface area contributed by atoms with Crippen molar-refractivity contribution >= 4 is 17.4 Å². The van der Waals surface area contributed by atoms with Crippen LogP contribution in [0.25, 0.3) is 5.65 Å². The normalized spacial score (nSPS) is 30.1. The first-order valence-electron chi connectivity index (χ1n) is 6.24. The fourth-order valence-electron chi connectivity index (χ4n) is 2.53. The van der Waals surface area contributed by atoms with Crippen LogP contribution in [0.2, 0.25) is 0 Å². The van der Waals surface area contributed by atoms with Crippen LogP contribution in [0.3, 0.4) is 0 Å². The average molecular weight is 280 g/mol. The molecule has 108 valence electrons. The molecule has 2 aromatic rings. The van der Waals surface area contributed by atoms with Gasteiger partial charge in [0.15, 0.2) is 11.5 Å². The summed E-state index contributed by atoms with van der Waals surface area (Å²) in [6.07, 6.45) is -0.275. The van der Waals surface area contributed by atoms with E-state index in [0.717, 1.165) is 0 Å². The SMILES string of the molecule is CC1C(c2cnc3c(N)nc(N)nn23)OC(CO)C1O. The second kappa shape index (κ2) is 4.54. The van der Waals surface area contributed by atoms with Gasteiger partial charge >= 0.3 is 0 Å². The lowest BCUT2D eigenvalue weighted by molar-refractivity contribution is -0.0240. The van der Waals surface area contributed by atoms with Crippen LogP contribution in [0.4, 0.5) is 11.8 Å². The van der Waals surface area contributed by atoms with Gasteiger partial charge in [-0.2, -0.15) is 4.98 Å². The van der Waals surface area contributed by atoms with E-state index in [2.05, 4.69) is 15.1 Å². The Labute approximate surface area is 114 Å². The second-order valence-electron chi connectivity index (χ2n) is 4.90. The summed E-state index contributed by atoms with van der Waals surface area (Å²) in [5.74, 6) is -0.0164. The second-order valence-corrected chi connectivity index (χ2v) is 4.90. The topological polar surface area (TPSA) is 145 Å². The first-order chi connectivity index (χ1) is 9.52. The highest BCUT2D eigenvalue weighted by molar-refractivity contribution is 5.60. The molecule has 0 saturated carbocycles. The summed E-state index contributed by atoms with van der Waals surface area (Å²) in [4.78, 5) is 7.99. The molecule has 1 aliphatic rings. The zero-order chi connectivity index (χ0) is 14.4. The Hall–Kier alpha value is -1.97. The van der Waals surface area contributed by atoms with E-state index in [1.165, 1.54) is 4.52 Å². The molecule has 4 atom stereocenters. The van der Waals surface area contributed by atoms with Gasteiger partial charge in [0.2, 0.25) is 5.95 Å². The highest BCUT2D eigenvalue weighted by Gasteiger charge is 2.42. The molecule has 0 radical (unpaired) electrons. The van der Waals surface area contributed by atoms with Crippen molar-refractivity contribution < 1.29 is 14.9 Å². The van der Waals surface area contributed by atoms with E-state index >= 15 is 0 Å². The summed E-state index contributed by atoms with van der Waals surface area (Å²) in [6, 6.07) is 0. The number of aromatic nitrogens is 4. The van der Waals surface area contributed by atoms with Crippen molar-refractivity contribution in [2.24, 2.45) is 5.92 Å². The molecule has 9 nitrogen and oxygen atoms in total. The van der Waals surface area contributed by atoms with Gasteiger partial charge in [-0.05, 0) is 0 Å². The third-order valence-electron chi connectivity index (χ3n) is 3.62. The van der Waals surface area contributed by atoms with Gasteiger partial charge in [0.1, 0.15) is 12.2 Å². The Bertz CT molecular complexity index is 644. The summed E-state index contributed by atoms with van der Waals surface area (Å²) >= 11 is 0. The van der Waals surface area contributed by atoms with Crippen LogP contribution < -0.4 is 11.5 Å². The number of rotatable bonds is 2. The smallest absolute Gasteiger partial charge is 0.240 e. The van der Waals surface area contributed by atoms with E-state index in [4.69, 9.17) is 16.2 Å². The van der Waals surface area contributed by atoms with Gasteiger partial charge in [-0.15, -0.1) is 5.10 Å². The number of nitrogen functional groups attached to an aromatic ring is 2. The van der Waals surface area contributed by atoms with Crippen molar-refractivity contribution in [3.63, 3.8) is 0 Å². The lowest BCUT2D eigenvalue weighted by Crippen LogP contribution is -2.27. The zero-order valence-electron chi connectivity index (χ0n) is 10.8. The molecule has 0 aliphatic carbocycles. The maximum Gasteiger partial charge on any atom is 0.240 e. The number of anilines is 2. The molecule has 6 N–H and O–H groups in total. The molecule has 0 aromatic carbocycles. The van der Waals surface area contributed by atoms with Gasteiger partial charge < -0.3 is 26.4 Å². The number of imidazole rings is 1. The van der Waals surface area contributed by atoms with Crippen molar-refractivity contribution in [1.29, 1.82) is 0 Å². The molecular formula is C11H16N6O3. The number of nitrogens with two attached hydrogens (primary N) is 2. The van der Waals surface area contributed by atoms with E-state index in [0.29, 0.717) is 11.3 Å². The van der Waals surface area contributed by atoms with Crippen molar-refractivity contribution in [2.75, 3.05) is 18.1 Å². The highest BCUT2D eigenvalue weighted by atomic mass is 16.5. The predicted molar refractivity (Wildman–Crippen MR) is 69.5 cm³/mol. The number of aliphatic hydroxyl groups excluding tert-OH is 2. The van der Waals surface area contributed by atoms with Crippen LogP contribution in [0.1, 0.15) is 18.7 Å². The summed E-state index contributed by atoms with van der Waals surface area (Å²) in [7, 11) is 0. The minimum Gasteiger partial charge on any atom is -0.394 e. The van der Waals surface area contributed by atoms with Crippen LogP contribution in [-0.4, -0.2) is 48.6 Å². The maximum atomic E-state index is 10.0. The van der Waals surface area contributed by atoms with E-state index in [1.807, 2.05) is 6.92 Å². The average Bonchev–Trinajstić information content (AvgIpc) is 2.93. The molecule has 2 aromatic heterocycles. The fraction of sp³-hybridized carbons (Fsp3) is 0.545. The Kier molecular flexibility index (Phi) is 2.96. The molecule has 3 rings (SSSR count). The van der Waals surface area contributed by atoms with Crippen molar-refractivity contribution in [3.05, 3.63) is 11.9 Å². The number of aliphatic hydroxyl groups is 2. The largest absolute Gasteiger partial charge is 0.394 e. The molecule has 1 fully saturated rings. The van der Waals surface area contributed by atoms with Gasteiger partial charge in [-0.1, -0.05) is 6.92 Å². The molecule has 9 heteroatoms. The molecule has 3 heterocycles. The first-order valence-corrected chi connectivity index (χ1v) is 6.24. The monoisotopic (exact) mass is 280 g/mol. The van der Waals surface area contributed by atoms with Gasteiger partial charge in [0, 0.05) is 5.92 Å². The summed E-state index contributed by atoms with van der Waals surface area (Å²) < 4.78 is 7.13. The third-order valence-corrected chi connectivity index (χ3v) is 3.62. The molecule has 0 amide bonds. The van der Waals surface area contributed by atoms with Crippen LogP contribution in [0.5, 0.6) is 0 Å². The lowest BCUT2D eigenvalue weighted by Gasteiger charge is -2.14. The number of hydrogen-bond acceptors (Lipinski definition) is 8. The van der Waals surface area contributed by atoms with Gasteiger partial charge in [-0.25, -0.2) is 9.50 Å². The molecule has 1 aliphatic heterocycles. The molecule has 4 unspecified atom stereocenters. The van der Waals surface area contributed by atoms with Crippen LogP contribution >= 0.6 is 0 Å². The quantitative estimate of drug-likeness (QED) is 0.532. The minimum atomic E-state index is -0.757. The summed E-state index contributed by atoms with van der Waals surface area (Å²) in [6.45, 7) is 1.58. The summed E-state index contributed by atoms with van der Waals surface area (Å²) in [5, 5.41) is 23.3. The number of hydrogen-bond donors (Lipinski definition) is 4. The number of ether oxygens (including phenoxy) is 1. The Morgan fingerprint density at radius 1 is 1.45 bits per heavy atom. The standard InChI is InChI=1S/C11H16N6O3/c1-4-7(19)6(3-18)20-8(4)5-2-14-10-9(12)15-11(13)16-17(5)10/h2,4,6-8,18-19H,3H2,1H3,(H4,12,13,15,16). The van der Waals surface area contributed by atoms with Gasteiger partial charge in [-0.3, -0.25) is 0 Å². The van der Waals surface area contributed by atoms with Crippen LogP contribution in [0.15, 0.2) is 6.20 Å². The molecule has 20 heavy (non-hydrogen) atoms. The van der Waals surface area contributed by atoms with Crippen LogP contribution in [0, 0.1) is 5.92 Å². The molecule has 0 bridgehead atoms. The molecule has 0 spiro atoms. The summed E-state index contributed by atoms with van der Waals surface area (Å²) in [5.41, 5.74) is 12.3. The third kappa shape index (κ3) is 1.79. The van der Waals surface area contributed by atoms with E-state index in [1.54, 1.807) is 6.20 Å². The van der Waals surface area contributed by atoms with Crippen molar-refractivity contribution in [3.8, 4) is 0 Å². The maximum absolute atomic E-state index is 10.0. The van der Waals surface area contributed by atoms with E-state index < -0.39 is 18.3 Å². The van der Waals surface area contributed by atoms with Gasteiger partial charge in [0.25, 0.3) is 0 Å². The predicted octanol–water partition coefficient (Wildman–Crippen LogP) is -1.28. The van der Waals surface area contributed by atoms with Gasteiger partial charge in [0.05, 0.1) is 24.6 Å². The number of fused-ring (bicyclic) bond motifs is 1. The Morgan fingerprint density at radius 2 is 2.20 bits per heavy atom. The lowest BCUT2D eigenvalue weighted by atomic mass is 9.97. The first kappa shape index (κ1) is 13.0. The minimum absolute atomic E-state index is 0.0270. The van der Waals surface area contributed by atoms with Crippen LogP contribution in [-0.2, 0) is 4.74 Å². The number of nitrogens with zero attached hydrogens (tertiary/aromatic N) is 4. The highest BCUT2D eigenvalue weighted by Crippen LogP contribution is 2.38. The fourth-order valence-corrected chi connectivity index (χ4v) is 2.53. The van der Waals surface area contributed by atoms with E-state index in [-0.39, 0.29) is 24.3 Å². The molecule has 1 saturated heterocycles. The zero-order valence-corrected chi connectivity index (χ0v) is 10.8. The molecular weight excluding hydrogens is 264 g/mol. The van der Waals surface area contributed by atoms with E-state index in [9.17, 15) is 10.2 Å². The van der Waals surface area contributed by atoms with Crippen molar-refractivity contribution in [1.82, 2.24) is 19.6 Å². The van der Waals surface area contributed by atoms with Crippen molar-refractivity contribution in [2.45, 2.75) is 25.2 Å².